The highest BCUT2D eigenvalue weighted by Crippen LogP contribution is 2.67. The van der Waals surface area contributed by atoms with Gasteiger partial charge in [-0.1, -0.05) is 29.3 Å². The lowest BCUT2D eigenvalue weighted by Crippen LogP contribution is -2.04. The quantitative estimate of drug-likeness (QED) is 0.125. The van der Waals surface area contributed by atoms with Crippen LogP contribution in [0, 0.1) is 0 Å². The molecule has 168 valence electrons. The van der Waals surface area contributed by atoms with Crippen molar-refractivity contribution in [3.8, 4) is 0 Å². The number of hydrogen-bond donors (Lipinski definition) is 5. The molecule has 0 aliphatic carbocycles. The highest BCUT2D eigenvalue weighted by atomic mass is 32.2. The summed E-state index contributed by atoms with van der Waals surface area (Å²) >= 11 is 0.658. The van der Waals surface area contributed by atoms with Gasteiger partial charge in [0.05, 0.1) is 23.8 Å². The molecule has 2 aromatic carbocycles. The molecule has 17 heteroatoms. The third kappa shape index (κ3) is 7.70. The van der Waals surface area contributed by atoms with Crippen LogP contribution >= 0.6 is 35.4 Å². The van der Waals surface area contributed by atoms with Gasteiger partial charge in [-0.3, -0.25) is 9.61 Å². The van der Waals surface area contributed by atoms with Gasteiger partial charge in [0.25, 0.3) is 0 Å². The van der Waals surface area contributed by atoms with E-state index in [4.69, 9.17) is 5.26 Å². The number of hydrogen-bond acceptors (Lipinski definition) is 10. The van der Waals surface area contributed by atoms with Crippen LogP contribution < -0.4 is 5.09 Å². The van der Waals surface area contributed by atoms with Crippen molar-refractivity contribution in [2.75, 3.05) is 5.09 Å². The van der Waals surface area contributed by atoms with Gasteiger partial charge in [-0.25, -0.2) is 19.0 Å². The summed E-state index contributed by atoms with van der Waals surface area (Å²) in [6, 6.07) is 9.20. The first-order valence-corrected chi connectivity index (χ1v) is 13.2. The van der Waals surface area contributed by atoms with E-state index in [0.717, 1.165) is 0 Å². The maximum atomic E-state index is 12.3. The second-order valence-electron chi connectivity index (χ2n) is 5.77. The van der Waals surface area contributed by atoms with E-state index in [0.29, 0.717) is 27.7 Å². The first-order chi connectivity index (χ1) is 13.8. The van der Waals surface area contributed by atoms with Crippen molar-refractivity contribution in [3.63, 3.8) is 0 Å². The fraction of sp³-hybridized carbons (Fsp3) is 0.231. The maximum absolute atomic E-state index is 12.3. The van der Waals surface area contributed by atoms with E-state index in [9.17, 15) is 28.4 Å². The molecule has 2 rings (SSSR count). The van der Waals surface area contributed by atoms with Crippen LogP contribution in [0.15, 0.2) is 41.3 Å². The summed E-state index contributed by atoms with van der Waals surface area (Å²) in [4.78, 5) is 29.4. The van der Waals surface area contributed by atoms with Crippen LogP contribution in [0.2, 0.25) is 0 Å². The third-order valence-corrected chi connectivity index (χ3v) is 8.30. The standard InChI is InChI=1S/C13H18NO12P3S/c1-9(2)22-28(18,19)26-29(20,21)25-27(16,17)14-12-7-3-6-11-10(12)5-4-8-13(11)30-24-23-15/h3-9,15H,1-2H3,(H,18,19)(H,20,21)(H2,14,16,17). The van der Waals surface area contributed by atoms with Gasteiger partial charge in [0, 0.05) is 10.3 Å². The highest BCUT2D eigenvalue weighted by Gasteiger charge is 2.41. The molecule has 13 nitrogen and oxygen atoms in total. The van der Waals surface area contributed by atoms with E-state index >= 15 is 0 Å². The predicted molar refractivity (Wildman–Crippen MR) is 106 cm³/mol. The molecule has 0 aliphatic heterocycles. The van der Waals surface area contributed by atoms with Gasteiger partial charge in [0.1, 0.15) is 0 Å². The van der Waals surface area contributed by atoms with Gasteiger partial charge in [0.2, 0.25) is 0 Å². The molecule has 0 heterocycles. The molecule has 3 atom stereocenters. The summed E-state index contributed by atoms with van der Waals surface area (Å²) in [6.45, 7) is 2.72. The van der Waals surface area contributed by atoms with Crippen molar-refractivity contribution in [2.45, 2.75) is 24.8 Å². The zero-order valence-electron chi connectivity index (χ0n) is 15.3. The minimum atomic E-state index is -5.50. The number of benzene rings is 2. The molecule has 2 aromatic rings. The van der Waals surface area contributed by atoms with Gasteiger partial charge in [-0.2, -0.15) is 8.62 Å². The Hall–Kier alpha value is -0.820. The van der Waals surface area contributed by atoms with Gasteiger partial charge in [-0.15, -0.1) is 4.33 Å². The Morgan fingerprint density at radius 2 is 1.57 bits per heavy atom. The van der Waals surface area contributed by atoms with Crippen LogP contribution in [0.5, 0.6) is 0 Å². The predicted octanol–water partition coefficient (Wildman–Crippen LogP) is 4.44. The van der Waals surface area contributed by atoms with Crippen LogP contribution in [-0.2, 0) is 36.2 Å². The molecule has 5 N–H and O–H groups in total. The average Bonchev–Trinajstić information content (AvgIpc) is 2.56. The first kappa shape index (κ1) is 25.4. The lowest BCUT2D eigenvalue weighted by atomic mass is 10.1. The van der Waals surface area contributed by atoms with E-state index in [-0.39, 0.29) is 5.69 Å². The van der Waals surface area contributed by atoms with Crippen molar-refractivity contribution in [3.05, 3.63) is 36.4 Å². The Balaban J connectivity index is 2.24. The topological polar surface area (TPSA) is 190 Å². The van der Waals surface area contributed by atoms with Gasteiger partial charge < -0.3 is 14.7 Å². The van der Waals surface area contributed by atoms with Crippen LogP contribution in [0.25, 0.3) is 10.8 Å². The van der Waals surface area contributed by atoms with E-state index < -0.39 is 29.5 Å². The van der Waals surface area contributed by atoms with Gasteiger partial charge >= 0.3 is 23.4 Å². The number of phosphoric ester groups is 1. The minimum absolute atomic E-state index is 0.0105. The molecular formula is C13H18NO12P3S. The molecule has 0 saturated carbocycles. The summed E-state index contributed by atoms with van der Waals surface area (Å²) in [5.74, 6) is 0. The molecule has 0 amide bonds. The molecule has 30 heavy (non-hydrogen) atoms. The number of anilines is 1. The van der Waals surface area contributed by atoms with E-state index in [2.05, 4.69) is 27.6 Å². The summed E-state index contributed by atoms with van der Waals surface area (Å²) in [5, 5.41) is 14.8. The Bertz CT molecular complexity index is 1030. The van der Waals surface area contributed by atoms with Crippen molar-refractivity contribution in [1.82, 2.24) is 0 Å². The maximum Gasteiger partial charge on any atom is 0.489 e. The monoisotopic (exact) mass is 505 g/mol. The smallest absolute Gasteiger partial charge is 0.308 e. The van der Waals surface area contributed by atoms with E-state index in [1.165, 1.54) is 26.0 Å². The molecule has 3 unspecified atom stereocenters. The van der Waals surface area contributed by atoms with Crippen LogP contribution in [0.4, 0.5) is 5.69 Å². The summed E-state index contributed by atoms with van der Waals surface area (Å²) < 4.78 is 52.9. The lowest BCUT2D eigenvalue weighted by molar-refractivity contribution is -0.432. The zero-order valence-corrected chi connectivity index (χ0v) is 18.8. The SMILES string of the molecule is CC(C)OP(=O)(O)OP(=O)(O)OP(=O)(O)Nc1cccc2c(SOOO)cccc12. The van der Waals surface area contributed by atoms with Crippen molar-refractivity contribution in [1.29, 1.82) is 0 Å². The number of fused-ring (bicyclic) bond motifs is 1. The van der Waals surface area contributed by atoms with Gasteiger partial charge in [-0.05, 0) is 31.4 Å². The Kier molecular flexibility index (Phi) is 8.65. The largest absolute Gasteiger partial charge is 0.489 e. The molecule has 0 spiro atoms. The molecule has 0 fully saturated rings. The normalized spacial score (nSPS) is 18.0. The third-order valence-electron chi connectivity index (χ3n) is 3.06. The minimum Gasteiger partial charge on any atom is -0.308 e. The number of phosphoric acid groups is 2. The molecule has 0 radical (unpaired) electrons. The molecule has 0 bridgehead atoms. The molecular weight excluding hydrogens is 487 g/mol. The zero-order chi connectivity index (χ0) is 22.6. The lowest BCUT2D eigenvalue weighted by Gasteiger charge is -2.20. The fourth-order valence-electron chi connectivity index (χ4n) is 2.25. The molecule has 0 aliphatic rings. The van der Waals surface area contributed by atoms with Crippen LogP contribution in [0.1, 0.15) is 13.8 Å². The average molecular weight is 505 g/mol. The molecule has 0 saturated heterocycles. The van der Waals surface area contributed by atoms with Gasteiger partial charge in [0.15, 0.2) is 0 Å². The van der Waals surface area contributed by atoms with E-state index in [1.54, 1.807) is 24.3 Å². The van der Waals surface area contributed by atoms with Crippen molar-refractivity contribution >= 4 is 51.9 Å². The van der Waals surface area contributed by atoms with Crippen LogP contribution in [0.3, 0.4) is 0 Å². The highest BCUT2D eigenvalue weighted by molar-refractivity contribution is 7.94. The Morgan fingerprint density at radius 1 is 0.933 bits per heavy atom. The second-order valence-corrected chi connectivity index (χ2v) is 11.2. The van der Waals surface area contributed by atoms with E-state index in [1.807, 2.05) is 0 Å². The molecule has 0 aromatic heterocycles. The number of nitrogens with one attached hydrogen (secondary N) is 1. The Labute approximate surface area is 174 Å². The Morgan fingerprint density at radius 3 is 2.20 bits per heavy atom. The van der Waals surface area contributed by atoms with Crippen LogP contribution in [-0.4, -0.2) is 26.0 Å². The fourth-order valence-corrected chi connectivity index (χ4v) is 6.65. The van der Waals surface area contributed by atoms with Crippen molar-refractivity contribution in [2.24, 2.45) is 0 Å². The van der Waals surface area contributed by atoms with Crippen molar-refractivity contribution < 1.29 is 56.1 Å². The summed E-state index contributed by atoms with van der Waals surface area (Å²) in [5.41, 5.74) is 0.0105. The number of rotatable bonds is 11. The second kappa shape index (κ2) is 10.2. The summed E-state index contributed by atoms with van der Waals surface area (Å²) in [6.07, 6.45) is -0.845. The first-order valence-electron chi connectivity index (χ1n) is 7.88. The summed E-state index contributed by atoms with van der Waals surface area (Å²) in [7, 11) is -15.6.